The van der Waals surface area contributed by atoms with Crippen LogP contribution in [0.3, 0.4) is 0 Å². The fourth-order valence-electron chi connectivity index (χ4n) is 1.36. The minimum absolute atomic E-state index is 0.0509. The Morgan fingerprint density at radius 1 is 1.47 bits per heavy atom. The van der Waals surface area contributed by atoms with E-state index in [2.05, 4.69) is 5.16 Å². The van der Waals surface area contributed by atoms with Gasteiger partial charge in [0.05, 0.1) is 0 Å². The molecule has 1 aliphatic heterocycles. The smallest absolute Gasteiger partial charge is 0.353 e. The quantitative estimate of drug-likeness (QED) is 0.840. The van der Waals surface area contributed by atoms with Gasteiger partial charge in [-0.2, -0.15) is 0 Å². The van der Waals surface area contributed by atoms with Gasteiger partial charge in [0.25, 0.3) is 0 Å². The second-order valence-corrected chi connectivity index (χ2v) is 3.63. The highest BCUT2D eigenvalue weighted by Crippen LogP contribution is 2.27. The van der Waals surface area contributed by atoms with Crippen molar-refractivity contribution in [3.63, 3.8) is 0 Å². The van der Waals surface area contributed by atoms with E-state index in [1.165, 1.54) is 0 Å². The van der Waals surface area contributed by atoms with Crippen molar-refractivity contribution in [1.82, 2.24) is 0 Å². The van der Waals surface area contributed by atoms with Gasteiger partial charge in [-0.15, -0.1) is 0 Å². The molecule has 0 aliphatic carbocycles. The van der Waals surface area contributed by atoms with Crippen LogP contribution >= 0.6 is 11.6 Å². The molecular formula is C10H8ClNO3. The molecule has 0 unspecified atom stereocenters. The Bertz CT molecular complexity index is 413. The molecule has 0 amide bonds. The molecule has 1 aromatic carbocycles. The number of aliphatic carboxylic acids is 1. The molecule has 1 aromatic rings. The van der Waals surface area contributed by atoms with Gasteiger partial charge in [0.15, 0.2) is 11.8 Å². The van der Waals surface area contributed by atoms with E-state index in [0.29, 0.717) is 5.02 Å². The Balaban J connectivity index is 2.10. The first-order valence-corrected chi connectivity index (χ1v) is 4.76. The zero-order valence-corrected chi connectivity index (χ0v) is 8.44. The average Bonchev–Trinajstić information content (AvgIpc) is 2.68. The minimum Gasteiger partial charge on any atom is -0.477 e. The van der Waals surface area contributed by atoms with Crippen LogP contribution in [0.1, 0.15) is 18.1 Å². The van der Waals surface area contributed by atoms with Crippen LogP contribution in [0.2, 0.25) is 5.02 Å². The van der Waals surface area contributed by atoms with E-state index in [-0.39, 0.29) is 18.2 Å². The summed E-state index contributed by atoms with van der Waals surface area (Å²) in [7, 11) is 0. The van der Waals surface area contributed by atoms with E-state index in [1.54, 1.807) is 24.3 Å². The maximum Gasteiger partial charge on any atom is 0.353 e. The molecule has 0 saturated heterocycles. The molecule has 1 atom stereocenters. The van der Waals surface area contributed by atoms with Gasteiger partial charge < -0.3 is 9.94 Å². The molecule has 0 spiro atoms. The van der Waals surface area contributed by atoms with Crippen LogP contribution in [0.4, 0.5) is 0 Å². The van der Waals surface area contributed by atoms with Crippen LogP contribution in [0.5, 0.6) is 0 Å². The summed E-state index contributed by atoms with van der Waals surface area (Å²) >= 11 is 5.73. The summed E-state index contributed by atoms with van der Waals surface area (Å²) in [6.45, 7) is 0. The van der Waals surface area contributed by atoms with Crippen LogP contribution in [0.15, 0.2) is 29.4 Å². The molecule has 1 heterocycles. The topological polar surface area (TPSA) is 58.9 Å². The van der Waals surface area contributed by atoms with Crippen molar-refractivity contribution < 1.29 is 14.7 Å². The number of carboxylic acid groups (broad SMARTS) is 1. The highest BCUT2D eigenvalue weighted by Gasteiger charge is 2.26. The fourth-order valence-corrected chi connectivity index (χ4v) is 1.49. The van der Waals surface area contributed by atoms with E-state index >= 15 is 0 Å². The first kappa shape index (κ1) is 9.98. The summed E-state index contributed by atoms with van der Waals surface area (Å²) in [6, 6.07) is 7.07. The Morgan fingerprint density at radius 3 is 2.67 bits per heavy atom. The minimum atomic E-state index is -1.04. The lowest BCUT2D eigenvalue weighted by Crippen LogP contribution is -2.11. The van der Waals surface area contributed by atoms with E-state index in [9.17, 15) is 4.79 Å². The lowest BCUT2D eigenvalue weighted by Gasteiger charge is -2.07. The van der Waals surface area contributed by atoms with E-state index in [4.69, 9.17) is 21.5 Å². The number of rotatable bonds is 2. The number of nitrogens with zero attached hydrogens (tertiary/aromatic N) is 1. The second-order valence-electron chi connectivity index (χ2n) is 3.19. The predicted molar refractivity (Wildman–Crippen MR) is 55.0 cm³/mol. The maximum absolute atomic E-state index is 10.6. The van der Waals surface area contributed by atoms with E-state index < -0.39 is 5.97 Å². The monoisotopic (exact) mass is 225 g/mol. The molecule has 4 nitrogen and oxygen atoms in total. The first-order valence-electron chi connectivity index (χ1n) is 4.38. The molecule has 0 fully saturated rings. The van der Waals surface area contributed by atoms with Gasteiger partial charge in [-0.3, -0.25) is 0 Å². The van der Waals surface area contributed by atoms with Crippen molar-refractivity contribution in [2.24, 2.45) is 5.16 Å². The molecule has 1 N–H and O–H groups in total. The normalized spacial score (nSPS) is 19.5. The molecule has 0 aromatic heterocycles. The van der Waals surface area contributed by atoms with Crippen molar-refractivity contribution in [1.29, 1.82) is 0 Å². The molecule has 5 heteroatoms. The highest BCUT2D eigenvalue weighted by molar-refractivity contribution is 6.35. The van der Waals surface area contributed by atoms with Gasteiger partial charge in [-0.1, -0.05) is 28.9 Å². The number of hydrogen-bond donors (Lipinski definition) is 1. The Labute approximate surface area is 91.1 Å². The largest absolute Gasteiger partial charge is 0.477 e. The zero-order chi connectivity index (χ0) is 10.8. The molecular weight excluding hydrogens is 218 g/mol. The molecule has 2 rings (SSSR count). The SMILES string of the molecule is O=C(O)C1=NO[C@H](c2ccc(Cl)cc2)C1. The molecule has 0 bridgehead atoms. The van der Waals surface area contributed by atoms with Crippen LogP contribution in [-0.2, 0) is 9.63 Å². The van der Waals surface area contributed by atoms with Crippen LogP contribution in [0.25, 0.3) is 0 Å². The standard InChI is InChI=1S/C10H8ClNO3/c11-7-3-1-6(2-4-7)9-5-8(10(13)14)12-15-9/h1-4,9H,5H2,(H,13,14)/t9-/m0/s1. The van der Waals surface area contributed by atoms with Crippen LogP contribution in [-0.4, -0.2) is 16.8 Å². The van der Waals surface area contributed by atoms with Crippen LogP contribution in [0, 0.1) is 0 Å². The third-order valence-corrected chi connectivity index (χ3v) is 2.41. The molecule has 0 saturated carbocycles. The zero-order valence-electron chi connectivity index (χ0n) is 7.68. The summed E-state index contributed by atoms with van der Waals surface area (Å²) in [5.41, 5.74) is 0.925. The van der Waals surface area contributed by atoms with Crippen molar-refractivity contribution in [3.8, 4) is 0 Å². The van der Waals surface area contributed by atoms with Gasteiger partial charge in [0.2, 0.25) is 0 Å². The number of halogens is 1. The van der Waals surface area contributed by atoms with Crippen molar-refractivity contribution in [2.45, 2.75) is 12.5 Å². The van der Waals surface area contributed by atoms with Gasteiger partial charge in [0.1, 0.15) is 0 Å². The summed E-state index contributed by atoms with van der Waals surface area (Å²) in [6.07, 6.45) is -0.0230. The second kappa shape index (κ2) is 3.90. The van der Waals surface area contributed by atoms with Gasteiger partial charge in [-0.05, 0) is 17.7 Å². The first-order chi connectivity index (χ1) is 7.16. The third-order valence-electron chi connectivity index (χ3n) is 2.16. The summed E-state index contributed by atoms with van der Waals surface area (Å²) < 4.78 is 0. The molecule has 78 valence electrons. The Hall–Kier alpha value is -1.55. The van der Waals surface area contributed by atoms with Crippen molar-refractivity contribution >= 4 is 23.3 Å². The van der Waals surface area contributed by atoms with E-state index in [1.807, 2.05) is 0 Å². The summed E-state index contributed by atoms with van der Waals surface area (Å²) in [5, 5.41) is 12.8. The van der Waals surface area contributed by atoms with Gasteiger partial charge in [0, 0.05) is 11.4 Å². The number of oxime groups is 1. The lowest BCUT2D eigenvalue weighted by molar-refractivity contribution is -0.129. The third kappa shape index (κ3) is 2.10. The highest BCUT2D eigenvalue weighted by atomic mass is 35.5. The van der Waals surface area contributed by atoms with Gasteiger partial charge >= 0.3 is 5.97 Å². The summed E-state index contributed by atoms with van der Waals surface area (Å²) in [4.78, 5) is 15.6. The lowest BCUT2D eigenvalue weighted by atomic mass is 10.0. The number of carbonyl (C=O) groups is 1. The fraction of sp³-hybridized carbons (Fsp3) is 0.200. The van der Waals surface area contributed by atoms with Crippen LogP contribution < -0.4 is 0 Å². The van der Waals surface area contributed by atoms with Crippen molar-refractivity contribution in [3.05, 3.63) is 34.9 Å². The van der Waals surface area contributed by atoms with Gasteiger partial charge in [-0.25, -0.2) is 4.79 Å². The molecule has 1 aliphatic rings. The predicted octanol–water partition coefficient (Wildman–Crippen LogP) is 2.24. The number of carboxylic acids is 1. The number of benzene rings is 1. The molecule has 15 heavy (non-hydrogen) atoms. The maximum atomic E-state index is 10.6. The molecule has 0 radical (unpaired) electrons. The Morgan fingerprint density at radius 2 is 2.13 bits per heavy atom. The number of hydrogen-bond acceptors (Lipinski definition) is 3. The van der Waals surface area contributed by atoms with Crippen molar-refractivity contribution in [2.75, 3.05) is 0 Å². The van der Waals surface area contributed by atoms with E-state index in [0.717, 1.165) is 5.56 Å². The average molecular weight is 226 g/mol. The Kier molecular flexibility index (Phi) is 2.60. The summed E-state index contributed by atoms with van der Waals surface area (Å²) in [5.74, 6) is -1.04.